The number of aryl methyl sites for hydroxylation is 1. The van der Waals surface area contributed by atoms with Crippen molar-refractivity contribution in [2.75, 3.05) is 11.4 Å². The lowest BCUT2D eigenvalue weighted by Crippen LogP contribution is -2.46. The monoisotopic (exact) mass is 284 g/mol. The molecule has 4 nitrogen and oxygen atoms in total. The third-order valence-corrected chi connectivity index (χ3v) is 3.55. The molecular formula is C17H20N2O2. The number of carbonyl (C=O) groups excluding carboxylic acids is 2. The van der Waals surface area contributed by atoms with Gasteiger partial charge in [-0.05, 0) is 36.1 Å². The summed E-state index contributed by atoms with van der Waals surface area (Å²) < 4.78 is 0. The minimum Gasteiger partial charge on any atom is -0.320 e. The Balaban J connectivity index is 2.32. The van der Waals surface area contributed by atoms with Gasteiger partial charge in [0.15, 0.2) is 0 Å². The largest absolute Gasteiger partial charge is 0.320 e. The smallest absolute Gasteiger partial charge is 0.234 e. The molecule has 0 unspecified atom stereocenters. The molecule has 1 aliphatic heterocycles. The maximum Gasteiger partial charge on any atom is 0.234 e. The lowest BCUT2D eigenvalue weighted by molar-refractivity contribution is -0.132. The van der Waals surface area contributed by atoms with Crippen LogP contribution in [0.4, 0.5) is 5.69 Å². The van der Waals surface area contributed by atoms with Crippen molar-refractivity contribution in [1.29, 1.82) is 0 Å². The molecule has 0 aliphatic carbocycles. The second kappa shape index (κ2) is 5.71. The molecular weight excluding hydrogens is 264 g/mol. The first-order valence-electron chi connectivity index (χ1n) is 6.99. The lowest BCUT2D eigenvalue weighted by Gasteiger charge is -2.34. The second-order valence-corrected chi connectivity index (χ2v) is 6.15. The van der Waals surface area contributed by atoms with Crippen LogP contribution in [0.3, 0.4) is 0 Å². The van der Waals surface area contributed by atoms with Gasteiger partial charge >= 0.3 is 0 Å². The Bertz CT molecular complexity index is 630. The number of rotatable bonds is 1. The van der Waals surface area contributed by atoms with Crippen LogP contribution in [0.5, 0.6) is 0 Å². The molecule has 2 N–H and O–H groups in total. The molecule has 2 amide bonds. The van der Waals surface area contributed by atoms with E-state index in [0.29, 0.717) is 25.1 Å². The van der Waals surface area contributed by atoms with Gasteiger partial charge in [-0.15, -0.1) is 0 Å². The van der Waals surface area contributed by atoms with Crippen molar-refractivity contribution >= 4 is 17.5 Å². The Labute approximate surface area is 125 Å². The third-order valence-electron chi connectivity index (χ3n) is 3.55. The summed E-state index contributed by atoms with van der Waals surface area (Å²) in [4.78, 5) is 25.8. The first kappa shape index (κ1) is 15.3. The zero-order valence-corrected chi connectivity index (χ0v) is 12.7. The number of hydrogen-bond donors (Lipinski definition) is 1. The van der Waals surface area contributed by atoms with Crippen LogP contribution in [0.1, 0.15) is 37.8 Å². The molecule has 1 heterocycles. The summed E-state index contributed by atoms with van der Waals surface area (Å²) in [5, 5.41) is 0. The van der Waals surface area contributed by atoms with E-state index < -0.39 is 0 Å². The van der Waals surface area contributed by atoms with Crippen LogP contribution in [-0.2, 0) is 9.59 Å². The number of carbonyl (C=O) groups is 2. The number of nitrogens with two attached hydrogens (primary N) is 1. The molecule has 0 aromatic heterocycles. The van der Waals surface area contributed by atoms with Crippen LogP contribution in [0.15, 0.2) is 18.2 Å². The fraction of sp³-hybridized carbons (Fsp3) is 0.412. The fourth-order valence-electron chi connectivity index (χ4n) is 2.54. The topological polar surface area (TPSA) is 63.4 Å². The highest BCUT2D eigenvalue weighted by Gasteiger charge is 2.38. The Morgan fingerprint density at radius 1 is 1.24 bits per heavy atom. The molecule has 0 bridgehead atoms. The highest BCUT2D eigenvalue weighted by Crippen LogP contribution is 2.34. The van der Waals surface area contributed by atoms with Crippen LogP contribution < -0.4 is 10.6 Å². The van der Waals surface area contributed by atoms with E-state index in [2.05, 4.69) is 11.8 Å². The molecule has 0 spiro atoms. The highest BCUT2D eigenvalue weighted by atomic mass is 16.2. The molecule has 2 rings (SSSR count). The van der Waals surface area contributed by atoms with E-state index in [4.69, 9.17) is 5.73 Å². The Morgan fingerprint density at radius 3 is 2.38 bits per heavy atom. The number of imide groups is 1. The number of anilines is 1. The van der Waals surface area contributed by atoms with Gasteiger partial charge in [0.2, 0.25) is 11.8 Å². The first-order valence-corrected chi connectivity index (χ1v) is 6.99. The lowest BCUT2D eigenvalue weighted by atomic mass is 9.81. The highest BCUT2D eigenvalue weighted by molar-refractivity contribution is 6.16. The molecule has 4 heteroatoms. The zero-order chi connectivity index (χ0) is 15.6. The van der Waals surface area contributed by atoms with Gasteiger partial charge in [0.05, 0.1) is 12.2 Å². The standard InChI is InChI=1S/C17H20N2O2/c1-12-9-14(7-6-13(12)5-4-8-18)19-15(20)10-17(2,3)11-16(19)21/h6-7,9H,8,10-11,18H2,1-3H3. The molecule has 1 aliphatic rings. The minimum absolute atomic E-state index is 0.142. The van der Waals surface area contributed by atoms with Crippen LogP contribution >= 0.6 is 0 Å². The number of nitrogens with zero attached hydrogens (tertiary/aromatic N) is 1. The number of benzene rings is 1. The zero-order valence-electron chi connectivity index (χ0n) is 12.7. The van der Waals surface area contributed by atoms with E-state index in [0.717, 1.165) is 11.1 Å². The summed E-state index contributed by atoms with van der Waals surface area (Å²) in [5.74, 6) is 5.49. The van der Waals surface area contributed by atoms with E-state index >= 15 is 0 Å². The summed E-state index contributed by atoms with van der Waals surface area (Å²) in [6.45, 7) is 6.10. The van der Waals surface area contributed by atoms with Crippen LogP contribution in [0.2, 0.25) is 0 Å². The van der Waals surface area contributed by atoms with Gasteiger partial charge in [-0.1, -0.05) is 25.7 Å². The summed E-state index contributed by atoms with van der Waals surface area (Å²) in [6.07, 6.45) is 0.763. The van der Waals surface area contributed by atoms with E-state index in [-0.39, 0.29) is 17.2 Å². The molecule has 1 aromatic rings. The maximum atomic E-state index is 12.2. The van der Waals surface area contributed by atoms with Gasteiger partial charge in [0.25, 0.3) is 0 Å². The fourth-order valence-corrected chi connectivity index (χ4v) is 2.54. The molecule has 0 radical (unpaired) electrons. The van der Waals surface area contributed by atoms with Crippen molar-refractivity contribution in [3.63, 3.8) is 0 Å². The molecule has 0 atom stereocenters. The molecule has 110 valence electrons. The van der Waals surface area contributed by atoms with Crippen LogP contribution in [0, 0.1) is 24.2 Å². The summed E-state index contributed by atoms with van der Waals surface area (Å²) >= 11 is 0. The van der Waals surface area contributed by atoms with Gasteiger partial charge in [-0.25, -0.2) is 0 Å². The maximum absolute atomic E-state index is 12.2. The molecule has 0 saturated carbocycles. The average molecular weight is 284 g/mol. The van der Waals surface area contributed by atoms with Gasteiger partial charge in [-0.2, -0.15) is 0 Å². The van der Waals surface area contributed by atoms with Crippen molar-refractivity contribution in [2.24, 2.45) is 11.1 Å². The summed E-state index contributed by atoms with van der Waals surface area (Å²) in [5.41, 5.74) is 7.52. The van der Waals surface area contributed by atoms with Crippen molar-refractivity contribution in [1.82, 2.24) is 0 Å². The average Bonchev–Trinajstić information content (AvgIpc) is 2.35. The summed E-state index contributed by atoms with van der Waals surface area (Å²) in [7, 11) is 0. The number of piperidine rings is 1. The van der Waals surface area contributed by atoms with E-state index in [1.165, 1.54) is 4.90 Å². The van der Waals surface area contributed by atoms with Gasteiger partial charge in [0, 0.05) is 18.4 Å². The Hall–Kier alpha value is -2.12. The van der Waals surface area contributed by atoms with Crippen LogP contribution in [0.25, 0.3) is 0 Å². The molecule has 21 heavy (non-hydrogen) atoms. The van der Waals surface area contributed by atoms with Crippen LogP contribution in [-0.4, -0.2) is 18.4 Å². The molecule has 1 aromatic carbocycles. The SMILES string of the molecule is Cc1cc(N2C(=O)CC(C)(C)CC2=O)ccc1C#CCN. The predicted molar refractivity (Wildman–Crippen MR) is 82.6 cm³/mol. The Morgan fingerprint density at radius 2 is 1.86 bits per heavy atom. The van der Waals surface area contributed by atoms with E-state index in [1.54, 1.807) is 6.07 Å². The third kappa shape index (κ3) is 3.32. The van der Waals surface area contributed by atoms with Crippen molar-refractivity contribution in [2.45, 2.75) is 33.6 Å². The normalized spacial score (nSPS) is 17.4. The van der Waals surface area contributed by atoms with E-state index in [9.17, 15) is 9.59 Å². The van der Waals surface area contributed by atoms with Gasteiger partial charge in [-0.3, -0.25) is 14.5 Å². The minimum atomic E-state index is -0.258. The number of amides is 2. The van der Waals surface area contributed by atoms with Gasteiger partial charge in [0.1, 0.15) is 0 Å². The Kier molecular flexibility index (Phi) is 4.15. The first-order chi connectivity index (χ1) is 9.84. The quantitative estimate of drug-likeness (QED) is 0.633. The number of hydrogen-bond acceptors (Lipinski definition) is 3. The predicted octanol–water partition coefficient (Wildman–Crippen LogP) is 1.98. The van der Waals surface area contributed by atoms with Crippen molar-refractivity contribution in [3.8, 4) is 11.8 Å². The van der Waals surface area contributed by atoms with E-state index in [1.807, 2.05) is 32.9 Å². The summed E-state index contributed by atoms with van der Waals surface area (Å²) in [6, 6.07) is 5.42. The van der Waals surface area contributed by atoms with Gasteiger partial charge < -0.3 is 5.73 Å². The molecule has 1 saturated heterocycles. The molecule has 1 fully saturated rings. The van der Waals surface area contributed by atoms with Crippen molar-refractivity contribution in [3.05, 3.63) is 29.3 Å². The second-order valence-electron chi connectivity index (χ2n) is 6.15. The van der Waals surface area contributed by atoms with Crippen molar-refractivity contribution < 1.29 is 9.59 Å².